The highest BCUT2D eigenvalue weighted by atomic mass is 16.5. The normalized spacial score (nSPS) is 49.6. The lowest BCUT2D eigenvalue weighted by Crippen LogP contribution is -2.59. The molecule has 3 nitrogen and oxygen atoms in total. The summed E-state index contributed by atoms with van der Waals surface area (Å²) in [6.45, 7) is 0.378. The van der Waals surface area contributed by atoms with Gasteiger partial charge in [-0.2, -0.15) is 0 Å². The van der Waals surface area contributed by atoms with Crippen molar-refractivity contribution in [3.8, 4) is 0 Å². The van der Waals surface area contributed by atoms with Crippen LogP contribution in [0.3, 0.4) is 0 Å². The van der Waals surface area contributed by atoms with Crippen molar-refractivity contribution in [2.75, 3.05) is 13.7 Å². The van der Waals surface area contributed by atoms with Crippen molar-refractivity contribution in [2.45, 2.75) is 43.3 Å². The standard InChI is InChI=1S/C10H19NO2/c1-13-9-4-2-8(3-5-9)10(12,6-9)7-11/h8,12H,2-7,11H2,1H3. The Hall–Kier alpha value is -0.120. The predicted molar refractivity (Wildman–Crippen MR) is 50.3 cm³/mol. The van der Waals surface area contributed by atoms with Crippen molar-refractivity contribution in [3.63, 3.8) is 0 Å². The zero-order valence-corrected chi connectivity index (χ0v) is 8.25. The van der Waals surface area contributed by atoms with Gasteiger partial charge in [-0.1, -0.05) is 0 Å². The van der Waals surface area contributed by atoms with Gasteiger partial charge in [0.15, 0.2) is 0 Å². The number of nitrogens with two attached hydrogens (primary N) is 1. The monoisotopic (exact) mass is 185 g/mol. The van der Waals surface area contributed by atoms with Crippen molar-refractivity contribution in [1.82, 2.24) is 0 Å². The van der Waals surface area contributed by atoms with E-state index in [2.05, 4.69) is 0 Å². The van der Waals surface area contributed by atoms with Crippen LogP contribution in [0.25, 0.3) is 0 Å². The summed E-state index contributed by atoms with van der Waals surface area (Å²) in [6, 6.07) is 0. The van der Waals surface area contributed by atoms with Crippen molar-refractivity contribution in [2.24, 2.45) is 11.7 Å². The van der Waals surface area contributed by atoms with Gasteiger partial charge in [0.1, 0.15) is 0 Å². The summed E-state index contributed by atoms with van der Waals surface area (Å²) in [5.41, 5.74) is 4.92. The third-order valence-corrected chi connectivity index (χ3v) is 4.07. The molecule has 1 unspecified atom stereocenters. The maximum Gasteiger partial charge on any atom is 0.0824 e. The van der Waals surface area contributed by atoms with E-state index in [0.717, 1.165) is 32.1 Å². The third-order valence-electron chi connectivity index (χ3n) is 4.07. The van der Waals surface area contributed by atoms with Gasteiger partial charge in [0.25, 0.3) is 0 Å². The number of aliphatic hydroxyl groups is 1. The fourth-order valence-corrected chi connectivity index (χ4v) is 3.08. The molecule has 2 bridgehead atoms. The van der Waals surface area contributed by atoms with E-state index in [1.807, 2.05) is 0 Å². The van der Waals surface area contributed by atoms with E-state index < -0.39 is 5.60 Å². The zero-order chi connectivity index (χ0) is 9.53. The highest BCUT2D eigenvalue weighted by Gasteiger charge is 2.53. The third kappa shape index (κ3) is 1.30. The fourth-order valence-electron chi connectivity index (χ4n) is 3.08. The van der Waals surface area contributed by atoms with Gasteiger partial charge in [-0.25, -0.2) is 0 Å². The van der Waals surface area contributed by atoms with Crippen LogP contribution in [0.4, 0.5) is 0 Å². The molecule has 0 aromatic rings. The first-order valence-corrected chi connectivity index (χ1v) is 5.12. The molecule has 76 valence electrons. The van der Waals surface area contributed by atoms with Crippen molar-refractivity contribution in [1.29, 1.82) is 0 Å². The van der Waals surface area contributed by atoms with Crippen LogP contribution in [0.2, 0.25) is 0 Å². The molecule has 3 aliphatic rings. The van der Waals surface area contributed by atoms with Crippen LogP contribution < -0.4 is 5.73 Å². The molecule has 0 radical (unpaired) electrons. The molecule has 0 heterocycles. The molecule has 0 aliphatic heterocycles. The molecule has 1 atom stereocenters. The first-order valence-electron chi connectivity index (χ1n) is 5.12. The molecule has 3 fully saturated rings. The Morgan fingerprint density at radius 3 is 2.54 bits per heavy atom. The van der Waals surface area contributed by atoms with E-state index in [4.69, 9.17) is 10.5 Å². The summed E-state index contributed by atoms with van der Waals surface area (Å²) < 4.78 is 5.55. The average molecular weight is 185 g/mol. The molecule has 0 saturated heterocycles. The number of rotatable bonds is 2. The number of methoxy groups -OCH3 is 1. The van der Waals surface area contributed by atoms with E-state index in [9.17, 15) is 5.11 Å². The molecular formula is C10H19NO2. The Balaban J connectivity index is 2.20. The topological polar surface area (TPSA) is 55.5 Å². The first-order chi connectivity index (χ1) is 6.14. The summed E-state index contributed by atoms with van der Waals surface area (Å²) in [5, 5.41) is 10.3. The second kappa shape index (κ2) is 2.94. The SMILES string of the molecule is COC12CCC(CC1)C(O)(CN)C2. The van der Waals surface area contributed by atoms with Crippen LogP contribution in [0.5, 0.6) is 0 Å². The van der Waals surface area contributed by atoms with Gasteiger partial charge < -0.3 is 15.6 Å². The van der Waals surface area contributed by atoms with E-state index in [1.54, 1.807) is 7.11 Å². The second-order valence-corrected chi connectivity index (χ2v) is 4.65. The maximum atomic E-state index is 10.3. The minimum atomic E-state index is -0.646. The van der Waals surface area contributed by atoms with Gasteiger partial charge >= 0.3 is 0 Å². The molecule has 3 N–H and O–H groups in total. The maximum absolute atomic E-state index is 10.3. The van der Waals surface area contributed by atoms with Crippen LogP contribution >= 0.6 is 0 Å². The second-order valence-electron chi connectivity index (χ2n) is 4.65. The number of hydrogen-bond acceptors (Lipinski definition) is 3. The first kappa shape index (κ1) is 9.44. The lowest BCUT2D eigenvalue weighted by Gasteiger charge is -2.54. The van der Waals surface area contributed by atoms with E-state index >= 15 is 0 Å². The Morgan fingerprint density at radius 2 is 2.08 bits per heavy atom. The number of ether oxygens (including phenoxy) is 1. The Kier molecular flexibility index (Phi) is 2.13. The summed E-state index contributed by atoms with van der Waals surface area (Å²) >= 11 is 0. The Bertz CT molecular complexity index is 195. The van der Waals surface area contributed by atoms with E-state index in [0.29, 0.717) is 12.5 Å². The van der Waals surface area contributed by atoms with Crippen molar-refractivity contribution < 1.29 is 9.84 Å². The molecular weight excluding hydrogens is 166 g/mol. The summed E-state index contributed by atoms with van der Waals surface area (Å²) in [7, 11) is 1.75. The molecule has 0 aromatic carbocycles. The lowest BCUT2D eigenvalue weighted by atomic mass is 9.59. The molecule has 13 heavy (non-hydrogen) atoms. The van der Waals surface area contributed by atoms with Gasteiger partial charge in [0, 0.05) is 20.1 Å². The highest BCUT2D eigenvalue weighted by molar-refractivity contribution is 5.06. The smallest absolute Gasteiger partial charge is 0.0824 e. The molecule has 0 spiro atoms. The Morgan fingerprint density at radius 1 is 1.46 bits per heavy atom. The van der Waals surface area contributed by atoms with Gasteiger partial charge in [0.05, 0.1) is 11.2 Å². The van der Waals surface area contributed by atoms with Gasteiger partial charge in [-0.05, 0) is 31.6 Å². The van der Waals surface area contributed by atoms with Crippen LogP contribution in [0, 0.1) is 5.92 Å². The highest BCUT2D eigenvalue weighted by Crippen LogP contribution is 2.50. The summed E-state index contributed by atoms with van der Waals surface area (Å²) in [5.74, 6) is 0.412. The van der Waals surface area contributed by atoms with Gasteiger partial charge in [-0.15, -0.1) is 0 Å². The molecule has 3 aliphatic carbocycles. The number of hydrogen-bond donors (Lipinski definition) is 2. The minimum Gasteiger partial charge on any atom is -0.388 e. The van der Waals surface area contributed by atoms with Crippen molar-refractivity contribution >= 4 is 0 Å². The lowest BCUT2D eigenvalue weighted by molar-refractivity contribution is -0.180. The average Bonchev–Trinajstić information content (AvgIpc) is 2.19. The molecule has 3 heteroatoms. The molecule has 3 saturated carbocycles. The van der Waals surface area contributed by atoms with Crippen LogP contribution in [0.15, 0.2) is 0 Å². The molecule has 0 aromatic heterocycles. The quantitative estimate of drug-likeness (QED) is 0.664. The van der Waals surface area contributed by atoms with Crippen LogP contribution in [-0.4, -0.2) is 30.0 Å². The van der Waals surface area contributed by atoms with Gasteiger partial charge in [0.2, 0.25) is 0 Å². The van der Waals surface area contributed by atoms with Crippen LogP contribution in [-0.2, 0) is 4.74 Å². The van der Waals surface area contributed by atoms with Crippen molar-refractivity contribution in [3.05, 3.63) is 0 Å². The molecule has 0 amide bonds. The molecule has 3 rings (SSSR count). The zero-order valence-electron chi connectivity index (χ0n) is 8.25. The Labute approximate surface area is 79.3 Å². The van der Waals surface area contributed by atoms with E-state index in [1.165, 1.54) is 0 Å². The largest absolute Gasteiger partial charge is 0.388 e. The van der Waals surface area contributed by atoms with Crippen LogP contribution in [0.1, 0.15) is 32.1 Å². The summed E-state index contributed by atoms with van der Waals surface area (Å²) in [4.78, 5) is 0. The minimum absolute atomic E-state index is 0.0666. The fraction of sp³-hybridized carbons (Fsp3) is 1.00. The van der Waals surface area contributed by atoms with Gasteiger partial charge in [-0.3, -0.25) is 0 Å². The summed E-state index contributed by atoms with van der Waals surface area (Å²) in [6.07, 6.45) is 5.06. The van der Waals surface area contributed by atoms with E-state index in [-0.39, 0.29) is 5.60 Å². The number of fused-ring (bicyclic) bond motifs is 3. The predicted octanol–water partition coefficient (Wildman–Crippen LogP) is 0.655.